The Kier molecular flexibility index (Phi) is 4.78. The maximum Gasteiger partial charge on any atom is 0.0628 e. The van der Waals surface area contributed by atoms with Crippen molar-refractivity contribution in [2.24, 2.45) is 0 Å². The zero-order valence-corrected chi connectivity index (χ0v) is 12.8. The molecule has 1 aromatic carbocycles. The molecule has 0 fully saturated rings. The molecule has 1 unspecified atom stereocenters. The summed E-state index contributed by atoms with van der Waals surface area (Å²) in [5.74, 6) is 0. The average molecular weight is 274 g/mol. The minimum Gasteiger partial charge on any atom is -0.392 e. The zero-order valence-electron chi connectivity index (χ0n) is 11.9. The molecule has 0 aliphatic rings. The second kappa shape index (κ2) is 6.36. The number of aliphatic hydroxyl groups is 1. The second-order valence-corrected chi connectivity index (χ2v) is 6.47. The fraction of sp³-hybridized carbons (Fsp3) is 0.412. The fourth-order valence-electron chi connectivity index (χ4n) is 2.30. The van der Waals surface area contributed by atoms with Crippen molar-refractivity contribution in [3.63, 3.8) is 0 Å². The lowest BCUT2D eigenvalue weighted by atomic mass is 9.99. The summed E-state index contributed by atoms with van der Waals surface area (Å²) >= 11 is 1.82. The first-order valence-corrected chi connectivity index (χ1v) is 7.72. The highest BCUT2D eigenvalue weighted by Crippen LogP contribution is 2.20. The number of rotatable bonds is 5. The molecular formula is C17H22OS. The van der Waals surface area contributed by atoms with Gasteiger partial charge in [-0.2, -0.15) is 0 Å². The Hall–Kier alpha value is -1.12. The van der Waals surface area contributed by atoms with Gasteiger partial charge in [0.1, 0.15) is 0 Å². The zero-order chi connectivity index (χ0) is 13.8. The van der Waals surface area contributed by atoms with Gasteiger partial charge < -0.3 is 5.11 Å². The van der Waals surface area contributed by atoms with Crippen LogP contribution in [0.1, 0.15) is 33.4 Å². The van der Waals surface area contributed by atoms with Gasteiger partial charge in [0.25, 0.3) is 0 Å². The van der Waals surface area contributed by atoms with Crippen molar-refractivity contribution in [2.75, 3.05) is 0 Å². The van der Waals surface area contributed by atoms with Crippen molar-refractivity contribution in [3.05, 3.63) is 56.8 Å². The minimum atomic E-state index is -0.288. The summed E-state index contributed by atoms with van der Waals surface area (Å²) in [7, 11) is 0. The molecule has 0 saturated heterocycles. The molecule has 0 saturated carbocycles. The van der Waals surface area contributed by atoms with Gasteiger partial charge in [-0.15, -0.1) is 11.3 Å². The number of benzene rings is 1. The van der Waals surface area contributed by atoms with Crippen LogP contribution in [0.4, 0.5) is 0 Å². The third-order valence-corrected chi connectivity index (χ3v) is 4.71. The molecule has 1 nitrogen and oxygen atoms in total. The summed E-state index contributed by atoms with van der Waals surface area (Å²) in [5, 5.41) is 10.3. The van der Waals surface area contributed by atoms with Crippen LogP contribution in [-0.4, -0.2) is 11.2 Å². The summed E-state index contributed by atoms with van der Waals surface area (Å²) in [5.41, 5.74) is 3.79. The van der Waals surface area contributed by atoms with E-state index in [1.54, 1.807) is 0 Å². The van der Waals surface area contributed by atoms with Crippen LogP contribution in [0.15, 0.2) is 30.3 Å². The van der Waals surface area contributed by atoms with E-state index in [0.717, 1.165) is 19.3 Å². The standard InChI is InChI=1S/C17H22OS/c1-4-16-7-8-17(19-16)11-15(18)10-14-9-12(2)5-6-13(14)3/h5-9,15,18H,4,10-11H2,1-3H3. The number of thiophene rings is 1. The Balaban J connectivity index is 2.00. The summed E-state index contributed by atoms with van der Waals surface area (Å²) in [6.45, 7) is 6.38. The van der Waals surface area contributed by atoms with Crippen LogP contribution in [-0.2, 0) is 19.3 Å². The van der Waals surface area contributed by atoms with Crippen LogP contribution in [0.5, 0.6) is 0 Å². The molecule has 1 atom stereocenters. The Morgan fingerprint density at radius 2 is 1.79 bits per heavy atom. The van der Waals surface area contributed by atoms with Crippen LogP contribution < -0.4 is 0 Å². The topological polar surface area (TPSA) is 20.2 Å². The molecular weight excluding hydrogens is 252 g/mol. The van der Waals surface area contributed by atoms with Crippen molar-refractivity contribution < 1.29 is 5.11 Å². The molecule has 2 heteroatoms. The van der Waals surface area contributed by atoms with E-state index >= 15 is 0 Å². The average Bonchev–Trinajstić information content (AvgIpc) is 2.81. The quantitative estimate of drug-likeness (QED) is 0.871. The first-order valence-electron chi connectivity index (χ1n) is 6.90. The van der Waals surface area contributed by atoms with Crippen molar-refractivity contribution >= 4 is 11.3 Å². The van der Waals surface area contributed by atoms with Crippen LogP contribution in [0.25, 0.3) is 0 Å². The van der Waals surface area contributed by atoms with E-state index < -0.39 is 0 Å². The normalized spacial score (nSPS) is 12.6. The number of hydrogen-bond donors (Lipinski definition) is 1. The van der Waals surface area contributed by atoms with Gasteiger partial charge >= 0.3 is 0 Å². The SMILES string of the molecule is CCc1ccc(CC(O)Cc2cc(C)ccc2C)s1. The Labute approximate surface area is 119 Å². The summed E-state index contributed by atoms with van der Waals surface area (Å²) in [6.07, 6.45) is 2.30. The van der Waals surface area contributed by atoms with Crippen molar-refractivity contribution in [1.29, 1.82) is 0 Å². The summed E-state index contributed by atoms with van der Waals surface area (Å²) in [6, 6.07) is 10.8. The molecule has 0 bridgehead atoms. The highest BCUT2D eigenvalue weighted by atomic mass is 32.1. The van der Waals surface area contributed by atoms with E-state index in [4.69, 9.17) is 0 Å². The Morgan fingerprint density at radius 3 is 2.47 bits per heavy atom. The lowest BCUT2D eigenvalue weighted by Crippen LogP contribution is -2.14. The summed E-state index contributed by atoms with van der Waals surface area (Å²) < 4.78 is 0. The van der Waals surface area contributed by atoms with Gasteiger partial charge in [-0.3, -0.25) is 0 Å². The van der Waals surface area contributed by atoms with E-state index in [1.807, 2.05) is 11.3 Å². The van der Waals surface area contributed by atoms with Crippen LogP contribution in [0, 0.1) is 13.8 Å². The number of aliphatic hydroxyl groups excluding tert-OH is 1. The van der Waals surface area contributed by atoms with E-state index in [-0.39, 0.29) is 6.10 Å². The number of aryl methyl sites for hydroxylation is 3. The van der Waals surface area contributed by atoms with Crippen LogP contribution in [0.2, 0.25) is 0 Å². The highest BCUT2D eigenvalue weighted by molar-refractivity contribution is 7.11. The lowest BCUT2D eigenvalue weighted by molar-refractivity contribution is 0.176. The Morgan fingerprint density at radius 1 is 1.05 bits per heavy atom. The van der Waals surface area contributed by atoms with Crippen molar-refractivity contribution in [1.82, 2.24) is 0 Å². The van der Waals surface area contributed by atoms with Crippen molar-refractivity contribution in [3.8, 4) is 0 Å². The van der Waals surface area contributed by atoms with Crippen LogP contribution >= 0.6 is 11.3 Å². The van der Waals surface area contributed by atoms with Gasteiger partial charge in [-0.05, 0) is 49.9 Å². The molecule has 0 aliphatic heterocycles. The van der Waals surface area contributed by atoms with Gasteiger partial charge in [0.2, 0.25) is 0 Å². The van der Waals surface area contributed by atoms with Gasteiger partial charge in [-0.25, -0.2) is 0 Å². The predicted octanol–water partition coefficient (Wildman–Crippen LogP) is 4.07. The third-order valence-electron chi connectivity index (χ3n) is 3.46. The molecule has 1 N–H and O–H groups in total. The first kappa shape index (κ1) is 14.3. The maximum atomic E-state index is 10.3. The third kappa shape index (κ3) is 3.92. The van der Waals surface area contributed by atoms with Crippen LogP contribution in [0.3, 0.4) is 0 Å². The molecule has 0 spiro atoms. The Bertz CT molecular complexity index is 542. The van der Waals surface area contributed by atoms with Gasteiger partial charge in [0.15, 0.2) is 0 Å². The van der Waals surface area contributed by atoms with Crippen molar-refractivity contribution in [2.45, 2.75) is 46.1 Å². The maximum absolute atomic E-state index is 10.3. The lowest BCUT2D eigenvalue weighted by Gasteiger charge is -2.12. The van der Waals surface area contributed by atoms with Gasteiger partial charge in [0, 0.05) is 16.2 Å². The molecule has 0 radical (unpaired) electrons. The molecule has 0 amide bonds. The van der Waals surface area contributed by atoms with E-state index in [2.05, 4.69) is 51.1 Å². The van der Waals surface area contributed by atoms with E-state index in [9.17, 15) is 5.11 Å². The number of hydrogen-bond acceptors (Lipinski definition) is 2. The molecule has 102 valence electrons. The fourth-order valence-corrected chi connectivity index (χ4v) is 3.33. The second-order valence-electron chi connectivity index (χ2n) is 5.21. The molecule has 0 aliphatic carbocycles. The molecule has 1 heterocycles. The van der Waals surface area contributed by atoms with E-state index in [0.29, 0.717) is 0 Å². The predicted molar refractivity (Wildman–Crippen MR) is 83.0 cm³/mol. The molecule has 2 aromatic rings. The minimum absolute atomic E-state index is 0.288. The monoisotopic (exact) mass is 274 g/mol. The van der Waals surface area contributed by atoms with Gasteiger partial charge in [0.05, 0.1) is 6.10 Å². The first-order chi connectivity index (χ1) is 9.08. The molecule has 2 rings (SSSR count). The highest BCUT2D eigenvalue weighted by Gasteiger charge is 2.10. The smallest absolute Gasteiger partial charge is 0.0628 e. The summed E-state index contributed by atoms with van der Waals surface area (Å²) in [4.78, 5) is 2.68. The largest absolute Gasteiger partial charge is 0.392 e. The van der Waals surface area contributed by atoms with E-state index in [1.165, 1.54) is 26.4 Å². The molecule has 19 heavy (non-hydrogen) atoms. The molecule has 1 aromatic heterocycles. The van der Waals surface area contributed by atoms with Gasteiger partial charge in [-0.1, -0.05) is 30.7 Å².